The van der Waals surface area contributed by atoms with E-state index in [9.17, 15) is 10.2 Å². The molecule has 0 saturated heterocycles. The third-order valence-electron chi connectivity index (χ3n) is 8.04. The molecular formula is C22H32O2. The van der Waals surface area contributed by atoms with Gasteiger partial charge in [0.2, 0.25) is 0 Å². The van der Waals surface area contributed by atoms with E-state index >= 15 is 0 Å². The molecule has 2 N–H and O–H groups in total. The molecule has 0 bridgehead atoms. The zero-order valence-electron chi connectivity index (χ0n) is 15.6. The minimum atomic E-state index is -0.104. The van der Waals surface area contributed by atoms with Crippen molar-refractivity contribution in [3.8, 4) is 5.75 Å². The van der Waals surface area contributed by atoms with Crippen LogP contribution in [-0.4, -0.2) is 16.3 Å². The highest BCUT2D eigenvalue weighted by molar-refractivity contribution is 5.53. The molecule has 2 nitrogen and oxygen atoms in total. The predicted octanol–water partition coefficient (Wildman–Crippen LogP) is 5.04. The number of aliphatic hydroxyl groups is 1. The Labute approximate surface area is 146 Å². The van der Waals surface area contributed by atoms with E-state index in [2.05, 4.69) is 33.8 Å². The molecule has 3 aliphatic rings. The Balaban J connectivity index is 1.82. The van der Waals surface area contributed by atoms with Crippen LogP contribution >= 0.6 is 0 Å². The van der Waals surface area contributed by atoms with E-state index in [4.69, 9.17) is 0 Å². The largest absolute Gasteiger partial charge is 0.508 e. The number of rotatable bonds is 1. The first-order valence-corrected chi connectivity index (χ1v) is 9.91. The van der Waals surface area contributed by atoms with Gasteiger partial charge in [0.15, 0.2) is 0 Å². The molecule has 1 aromatic carbocycles. The number of benzene rings is 1. The van der Waals surface area contributed by atoms with Gasteiger partial charge in [0, 0.05) is 0 Å². The summed E-state index contributed by atoms with van der Waals surface area (Å²) in [7, 11) is 0. The molecule has 0 aliphatic heterocycles. The molecule has 6 atom stereocenters. The highest BCUT2D eigenvalue weighted by Crippen LogP contribution is 2.63. The van der Waals surface area contributed by atoms with Crippen LogP contribution in [0.3, 0.4) is 0 Å². The molecule has 0 spiro atoms. The molecule has 0 aromatic heterocycles. The van der Waals surface area contributed by atoms with Crippen LogP contribution in [0.15, 0.2) is 6.07 Å². The third kappa shape index (κ3) is 2.05. The van der Waals surface area contributed by atoms with Crippen molar-refractivity contribution < 1.29 is 10.2 Å². The van der Waals surface area contributed by atoms with E-state index in [1.165, 1.54) is 30.4 Å². The Hall–Kier alpha value is -1.02. The van der Waals surface area contributed by atoms with E-state index in [1.54, 1.807) is 5.56 Å². The highest BCUT2D eigenvalue weighted by Gasteiger charge is 2.55. The van der Waals surface area contributed by atoms with E-state index in [1.807, 2.05) is 0 Å². The van der Waals surface area contributed by atoms with Gasteiger partial charge < -0.3 is 10.2 Å². The first-order valence-electron chi connectivity index (χ1n) is 9.91. The molecule has 4 rings (SSSR count). The number of fused-ring (bicyclic) bond motifs is 5. The van der Waals surface area contributed by atoms with Crippen LogP contribution in [0.4, 0.5) is 0 Å². The molecule has 3 aliphatic carbocycles. The van der Waals surface area contributed by atoms with Crippen LogP contribution in [0.2, 0.25) is 0 Å². The van der Waals surface area contributed by atoms with Crippen molar-refractivity contribution in [2.24, 2.45) is 17.3 Å². The zero-order valence-corrected chi connectivity index (χ0v) is 15.6. The lowest BCUT2D eigenvalue weighted by Crippen LogP contribution is -2.44. The average molecular weight is 328 g/mol. The molecule has 2 saturated carbocycles. The van der Waals surface area contributed by atoms with Crippen LogP contribution < -0.4 is 0 Å². The van der Waals surface area contributed by atoms with Gasteiger partial charge in [-0.1, -0.05) is 20.8 Å². The molecule has 2 fully saturated rings. The summed E-state index contributed by atoms with van der Waals surface area (Å²) in [5.41, 5.74) is 5.57. The number of phenols is 1. The first kappa shape index (κ1) is 16.4. The Morgan fingerprint density at radius 3 is 2.71 bits per heavy atom. The van der Waals surface area contributed by atoms with Crippen LogP contribution in [0.1, 0.15) is 87.0 Å². The van der Waals surface area contributed by atoms with Gasteiger partial charge in [0.05, 0.1) is 6.10 Å². The number of hydrogen-bond donors (Lipinski definition) is 2. The summed E-state index contributed by atoms with van der Waals surface area (Å²) in [4.78, 5) is 0. The van der Waals surface area contributed by atoms with Crippen LogP contribution in [0.25, 0.3) is 0 Å². The maximum absolute atomic E-state index is 10.6. The normalized spacial score (nSPS) is 40.8. The fourth-order valence-corrected chi connectivity index (χ4v) is 6.71. The molecule has 0 heterocycles. The SMILES string of the molecule is CCc1c(O)cc2c(c1C)[C@H]1CC[C@]3(C)[C@H](O)CC[C@H]3[C@@H]1CC2C. The molecule has 2 heteroatoms. The molecular weight excluding hydrogens is 296 g/mol. The Kier molecular flexibility index (Phi) is 3.76. The van der Waals surface area contributed by atoms with Gasteiger partial charge in [-0.25, -0.2) is 0 Å². The van der Waals surface area contributed by atoms with Crippen molar-refractivity contribution in [1.29, 1.82) is 0 Å². The first-order chi connectivity index (χ1) is 11.4. The summed E-state index contributed by atoms with van der Waals surface area (Å²) in [6.07, 6.45) is 6.54. The van der Waals surface area contributed by atoms with Gasteiger partial charge in [0.25, 0.3) is 0 Å². The van der Waals surface area contributed by atoms with E-state index < -0.39 is 0 Å². The number of aliphatic hydroxyl groups excluding tert-OH is 1. The van der Waals surface area contributed by atoms with Crippen molar-refractivity contribution in [2.45, 2.75) is 84.2 Å². The Morgan fingerprint density at radius 2 is 2.00 bits per heavy atom. The van der Waals surface area contributed by atoms with Gasteiger partial charge in [0.1, 0.15) is 5.75 Å². The van der Waals surface area contributed by atoms with Gasteiger partial charge in [-0.3, -0.25) is 0 Å². The van der Waals surface area contributed by atoms with Crippen molar-refractivity contribution >= 4 is 0 Å². The van der Waals surface area contributed by atoms with E-state index in [0.717, 1.165) is 24.8 Å². The lowest BCUT2D eigenvalue weighted by Gasteiger charge is -2.51. The van der Waals surface area contributed by atoms with Crippen LogP contribution in [-0.2, 0) is 6.42 Å². The van der Waals surface area contributed by atoms with Crippen molar-refractivity contribution in [3.63, 3.8) is 0 Å². The quantitative estimate of drug-likeness (QED) is 0.758. The standard InChI is InChI=1S/C22H32O2/c1-5-14-13(3)21-15-8-9-22(4)18(6-7-20(22)24)17(15)10-12(2)16(21)11-19(14)23/h11-12,15,17-18,20,23-24H,5-10H2,1-4H3/t12?,15-,17+,18-,20+,22-/m0/s1. The van der Waals surface area contributed by atoms with Gasteiger partial charge >= 0.3 is 0 Å². The predicted molar refractivity (Wildman–Crippen MR) is 97.6 cm³/mol. The van der Waals surface area contributed by atoms with Gasteiger partial charge in [-0.05, 0) is 103 Å². The second-order valence-electron chi connectivity index (χ2n) is 9.01. The molecule has 132 valence electrons. The molecule has 0 radical (unpaired) electrons. The summed E-state index contributed by atoms with van der Waals surface area (Å²) in [5, 5.41) is 21.0. The Bertz CT molecular complexity index is 664. The molecule has 24 heavy (non-hydrogen) atoms. The minimum Gasteiger partial charge on any atom is -0.508 e. The fourth-order valence-electron chi connectivity index (χ4n) is 6.71. The minimum absolute atomic E-state index is 0.104. The topological polar surface area (TPSA) is 40.5 Å². The van der Waals surface area contributed by atoms with Crippen molar-refractivity contribution in [2.75, 3.05) is 0 Å². The van der Waals surface area contributed by atoms with Gasteiger partial charge in [-0.15, -0.1) is 0 Å². The van der Waals surface area contributed by atoms with E-state index in [0.29, 0.717) is 29.4 Å². The summed E-state index contributed by atoms with van der Waals surface area (Å²) in [6, 6.07) is 2.07. The maximum atomic E-state index is 10.6. The highest BCUT2D eigenvalue weighted by atomic mass is 16.3. The summed E-state index contributed by atoms with van der Waals surface area (Å²) in [6.45, 7) is 9.04. The number of hydrogen-bond acceptors (Lipinski definition) is 2. The van der Waals surface area contributed by atoms with E-state index in [-0.39, 0.29) is 11.5 Å². The summed E-state index contributed by atoms with van der Waals surface area (Å²) >= 11 is 0. The lowest BCUT2D eigenvalue weighted by molar-refractivity contribution is -0.0246. The van der Waals surface area contributed by atoms with Crippen molar-refractivity contribution in [1.82, 2.24) is 0 Å². The zero-order chi connectivity index (χ0) is 17.2. The molecule has 1 unspecified atom stereocenters. The number of aromatic hydroxyl groups is 1. The lowest BCUT2D eigenvalue weighted by atomic mass is 9.53. The van der Waals surface area contributed by atoms with Gasteiger partial charge in [-0.2, -0.15) is 0 Å². The second-order valence-corrected chi connectivity index (χ2v) is 9.01. The third-order valence-corrected chi connectivity index (χ3v) is 8.04. The average Bonchev–Trinajstić information content (AvgIpc) is 2.84. The summed E-state index contributed by atoms with van der Waals surface area (Å²) in [5.74, 6) is 3.01. The van der Waals surface area contributed by atoms with Crippen LogP contribution in [0.5, 0.6) is 5.75 Å². The smallest absolute Gasteiger partial charge is 0.119 e. The second kappa shape index (κ2) is 5.49. The monoisotopic (exact) mass is 328 g/mol. The number of phenolic OH excluding ortho intramolecular Hbond substituents is 1. The maximum Gasteiger partial charge on any atom is 0.119 e. The molecule has 0 amide bonds. The van der Waals surface area contributed by atoms with Crippen LogP contribution in [0, 0.1) is 24.2 Å². The summed E-state index contributed by atoms with van der Waals surface area (Å²) < 4.78 is 0. The van der Waals surface area contributed by atoms with Crippen molar-refractivity contribution in [3.05, 3.63) is 28.3 Å². The fraction of sp³-hybridized carbons (Fsp3) is 0.727. The molecule has 1 aromatic rings. The Morgan fingerprint density at radius 1 is 1.25 bits per heavy atom.